The average Bonchev–Trinajstić information content (AvgIpc) is 2.28. The fraction of sp³-hybridized carbons (Fsp3) is 0.583. The summed E-state index contributed by atoms with van der Waals surface area (Å²) >= 11 is 0. The Hall–Kier alpha value is -1.29. The molecule has 0 aliphatic carbocycles. The van der Waals surface area contributed by atoms with Gasteiger partial charge >= 0.3 is 0 Å². The second-order valence-corrected chi connectivity index (χ2v) is 3.92. The van der Waals surface area contributed by atoms with Crippen LogP contribution in [0.3, 0.4) is 0 Å². The SMILES string of the molecule is COc1ccnc(CC(C)C(C)O)c1OC. The Bertz CT molecular complexity index is 339. The summed E-state index contributed by atoms with van der Waals surface area (Å²) in [6.45, 7) is 3.75. The van der Waals surface area contributed by atoms with Gasteiger partial charge in [-0.05, 0) is 19.3 Å². The highest BCUT2D eigenvalue weighted by Crippen LogP contribution is 2.30. The monoisotopic (exact) mass is 225 g/mol. The summed E-state index contributed by atoms with van der Waals surface area (Å²) < 4.78 is 10.5. The highest BCUT2D eigenvalue weighted by atomic mass is 16.5. The van der Waals surface area contributed by atoms with E-state index in [0.717, 1.165) is 5.69 Å². The number of aromatic nitrogens is 1. The van der Waals surface area contributed by atoms with Crippen LogP contribution >= 0.6 is 0 Å². The zero-order chi connectivity index (χ0) is 12.1. The van der Waals surface area contributed by atoms with E-state index < -0.39 is 0 Å². The van der Waals surface area contributed by atoms with Crippen molar-refractivity contribution in [3.05, 3.63) is 18.0 Å². The molecule has 0 spiro atoms. The van der Waals surface area contributed by atoms with E-state index in [2.05, 4.69) is 4.98 Å². The van der Waals surface area contributed by atoms with Gasteiger partial charge in [-0.1, -0.05) is 6.92 Å². The summed E-state index contributed by atoms with van der Waals surface area (Å²) in [5.74, 6) is 1.45. The van der Waals surface area contributed by atoms with Gasteiger partial charge in [0.05, 0.1) is 26.0 Å². The number of nitrogens with zero attached hydrogens (tertiary/aromatic N) is 1. The minimum absolute atomic E-state index is 0.133. The highest BCUT2D eigenvalue weighted by Gasteiger charge is 2.16. The molecule has 2 unspecified atom stereocenters. The van der Waals surface area contributed by atoms with Crippen molar-refractivity contribution in [2.45, 2.75) is 26.4 Å². The zero-order valence-corrected chi connectivity index (χ0v) is 10.2. The predicted octanol–water partition coefficient (Wildman–Crippen LogP) is 1.66. The van der Waals surface area contributed by atoms with Crippen LogP contribution in [-0.4, -0.2) is 30.4 Å². The Labute approximate surface area is 96.2 Å². The van der Waals surface area contributed by atoms with Crippen molar-refractivity contribution in [1.29, 1.82) is 0 Å². The van der Waals surface area contributed by atoms with E-state index >= 15 is 0 Å². The molecule has 4 heteroatoms. The highest BCUT2D eigenvalue weighted by molar-refractivity contribution is 5.42. The van der Waals surface area contributed by atoms with Gasteiger partial charge in [0.15, 0.2) is 11.5 Å². The molecule has 90 valence electrons. The van der Waals surface area contributed by atoms with Crippen LogP contribution in [0.15, 0.2) is 12.3 Å². The van der Waals surface area contributed by atoms with Crippen molar-refractivity contribution in [3.8, 4) is 11.5 Å². The van der Waals surface area contributed by atoms with Crippen molar-refractivity contribution in [2.75, 3.05) is 14.2 Å². The number of aliphatic hydroxyl groups is 1. The Morgan fingerprint density at radius 3 is 2.50 bits per heavy atom. The van der Waals surface area contributed by atoms with Crippen LogP contribution in [-0.2, 0) is 6.42 Å². The topological polar surface area (TPSA) is 51.6 Å². The van der Waals surface area contributed by atoms with Crippen LogP contribution in [0.1, 0.15) is 19.5 Å². The number of methoxy groups -OCH3 is 2. The third-order valence-corrected chi connectivity index (χ3v) is 2.71. The van der Waals surface area contributed by atoms with Crippen LogP contribution in [0.2, 0.25) is 0 Å². The lowest BCUT2D eigenvalue weighted by atomic mass is 9.99. The number of hydrogen-bond acceptors (Lipinski definition) is 4. The van der Waals surface area contributed by atoms with Gasteiger partial charge < -0.3 is 14.6 Å². The minimum Gasteiger partial charge on any atom is -0.493 e. The third-order valence-electron chi connectivity index (χ3n) is 2.71. The molecule has 0 saturated heterocycles. The van der Waals surface area contributed by atoms with E-state index in [9.17, 15) is 5.11 Å². The summed E-state index contributed by atoms with van der Waals surface area (Å²) in [6, 6.07) is 1.76. The van der Waals surface area contributed by atoms with Crippen LogP contribution in [0, 0.1) is 5.92 Å². The molecule has 0 aromatic carbocycles. The number of ether oxygens (including phenoxy) is 2. The molecule has 0 fully saturated rings. The lowest BCUT2D eigenvalue weighted by Crippen LogP contribution is -2.16. The van der Waals surface area contributed by atoms with Gasteiger partial charge in [0.2, 0.25) is 0 Å². The second-order valence-electron chi connectivity index (χ2n) is 3.92. The van der Waals surface area contributed by atoms with E-state index in [0.29, 0.717) is 17.9 Å². The molecule has 0 saturated carbocycles. The Morgan fingerprint density at radius 1 is 1.31 bits per heavy atom. The molecule has 2 atom stereocenters. The van der Waals surface area contributed by atoms with Crippen LogP contribution in [0.4, 0.5) is 0 Å². The van der Waals surface area contributed by atoms with Crippen molar-refractivity contribution in [3.63, 3.8) is 0 Å². The summed E-state index contributed by atoms with van der Waals surface area (Å²) in [7, 11) is 3.19. The summed E-state index contributed by atoms with van der Waals surface area (Å²) in [5.41, 5.74) is 0.815. The molecule has 0 bridgehead atoms. The first-order valence-corrected chi connectivity index (χ1v) is 5.34. The van der Waals surface area contributed by atoms with Gasteiger partial charge in [0.25, 0.3) is 0 Å². The van der Waals surface area contributed by atoms with Crippen molar-refractivity contribution < 1.29 is 14.6 Å². The maximum absolute atomic E-state index is 9.47. The Balaban J connectivity index is 2.95. The molecule has 1 aromatic rings. The first kappa shape index (κ1) is 12.8. The molecular formula is C12H19NO3. The number of hydrogen-bond donors (Lipinski definition) is 1. The van der Waals surface area contributed by atoms with Gasteiger partial charge in [-0.2, -0.15) is 0 Å². The molecule has 1 N–H and O–H groups in total. The van der Waals surface area contributed by atoms with E-state index in [4.69, 9.17) is 9.47 Å². The van der Waals surface area contributed by atoms with Crippen LogP contribution in [0.5, 0.6) is 11.5 Å². The first-order valence-electron chi connectivity index (χ1n) is 5.34. The molecule has 0 aliphatic rings. The number of pyridine rings is 1. The van der Waals surface area contributed by atoms with E-state index in [1.54, 1.807) is 33.4 Å². The average molecular weight is 225 g/mol. The minimum atomic E-state index is -0.363. The molecule has 0 radical (unpaired) electrons. The van der Waals surface area contributed by atoms with Crippen molar-refractivity contribution in [1.82, 2.24) is 4.98 Å². The zero-order valence-electron chi connectivity index (χ0n) is 10.2. The summed E-state index contributed by atoms with van der Waals surface area (Å²) in [4.78, 5) is 4.26. The Kier molecular flexibility index (Phi) is 4.55. The fourth-order valence-corrected chi connectivity index (χ4v) is 1.47. The molecule has 1 heterocycles. The fourth-order valence-electron chi connectivity index (χ4n) is 1.47. The quantitative estimate of drug-likeness (QED) is 0.828. The summed E-state index contributed by atoms with van der Waals surface area (Å²) in [6.07, 6.45) is 1.99. The maximum Gasteiger partial charge on any atom is 0.182 e. The molecule has 4 nitrogen and oxygen atoms in total. The smallest absolute Gasteiger partial charge is 0.182 e. The largest absolute Gasteiger partial charge is 0.493 e. The Morgan fingerprint density at radius 2 is 2.00 bits per heavy atom. The van der Waals surface area contributed by atoms with Crippen LogP contribution in [0.25, 0.3) is 0 Å². The molecule has 16 heavy (non-hydrogen) atoms. The van der Waals surface area contributed by atoms with Gasteiger partial charge in [0.1, 0.15) is 0 Å². The van der Waals surface area contributed by atoms with E-state index in [1.165, 1.54) is 0 Å². The van der Waals surface area contributed by atoms with E-state index in [1.807, 2.05) is 6.92 Å². The third kappa shape index (κ3) is 2.85. The molecule has 1 aromatic heterocycles. The van der Waals surface area contributed by atoms with Crippen molar-refractivity contribution >= 4 is 0 Å². The van der Waals surface area contributed by atoms with Crippen molar-refractivity contribution in [2.24, 2.45) is 5.92 Å². The van der Waals surface area contributed by atoms with Gasteiger partial charge in [-0.15, -0.1) is 0 Å². The number of rotatable bonds is 5. The molecule has 0 aliphatic heterocycles. The normalized spacial score (nSPS) is 14.3. The first-order chi connectivity index (χ1) is 7.60. The molecule has 1 rings (SSSR count). The maximum atomic E-state index is 9.47. The second kappa shape index (κ2) is 5.70. The van der Waals surface area contributed by atoms with Gasteiger partial charge in [-0.3, -0.25) is 4.98 Å². The lowest BCUT2D eigenvalue weighted by Gasteiger charge is -2.16. The van der Waals surface area contributed by atoms with Gasteiger partial charge in [0, 0.05) is 12.3 Å². The van der Waals surface area contributed by atoms with Crippen LogP contribution < -0.4 is 9.47 Å². The van der Waals surface area contributed by atoms with Gasteiger partial charge in [-0.25, -0.2) is 0 Å². The lowest BCUT2D eigenvalue weighted by molar-refractivity contribution is 0.134. The molecule has 0 amide bonds. The number of aliphatic hydroxyl groups excluding tert-OH is 1. The molecular weight excluding hydrogens is 206 g/mol. The predicted molar refractivity (Wildman–Crippen MR) is 61.9 cm³/mol. The van der Waals surface area contributed by atoms with E-state index in [-0.39, 0.29) is 12.0 Å². The summed E-state index contributed by atoms with van der Waals surface area (Å²) in [5, 5.41) is 9.47. The standard InChI is InChI=1S/C12H19NO3/c1-8(9(2)14)7-10-12(16-4)11(15-3)5-6-13-10/h5-6,8-9,14H,7H2,1-4H3.